The van der Waals surface area contributed by atoms with Crippen LogP contribution < -0.4 is 0 Å². The van der Waals surface area contributed by atoms with Gasteiger partial charge < -0.3 is 0 Å². The van der Waals surface area contributed by atoms with E-state index in [1.165, 1.54) is 37.7 Å². The molecular weight excluding hydrogens is 218 g/mol. The first-order valence-corrected chi connectivity index (χ1v) is 7.13. The molecular formula is C17H28N+. The molecule has 0 radical (unpaired) electrons. The van der Waals surface area contributed by atoms with Gasteiger partial charge in [0.25, 0.3) is 0 Å². The highest BCUT2D eigenvalue weighted by atomic mass is 15.3. The first-order valence-electron chi connectivity index (χ1n) is 7.13. The van der Waals surface area contributed by atoms with Crippen LogP contribution in [0.25, 0.3) is 0 Å². The van der Waals surface area contributed by atoms with E-state index in [2.05, 4.69) is 64.1 Å². The molecule has 0 aliphatic heterocycles. The van der Waals surface area contributed by atoms with Crippen LogP contribution in [0.3, 0.4) is 0 Å². The number of hydrogen-bond donors (Lipinski definition) is 0. The zero-order chi connectivity index (χ0) is 13.4. The van der Waals surface area contributed by atoms with Crippen LogP contribution >= 0.6 is 0 Å². The number of rotatable bonds is 8. The van der Waals surface area contributed by atoms with Gasteiger partial charge in [0.1, 0.15) is 6.04 Å². The van der Waals surface area contributed by atoms with Crippen molar-refractivity contribution in [3.8, 4) is 0 Å². The summed E-state index contributed by atoms with van der Waals surface area (Å²) in [5, 5.41) is 0. The quantitative estimate of drug-likeness (QED) is 0.451. The molecule has 0 bridgehead atoms. The predicted octanol–water partition coefficient (Wildman–Crippen LogP) is 4.92. The molecule has 0 heterocycles. The van der Waals surface area contributed by atoms with Gasteiger partial charge in [0.05, 0.1) is 20.3 Å². The molecule has 1 aromatic carbocycles. The van der Waals surface area contributed by atoms with E-state index in [1.807, 2.05) is 0 Å². The molecule has 0 fully saturated rings. The topological polar surface area (TPSA) is 0 Å². The molecule has 1 heteroatoms. The molecule has 0 aromatic heterocycles. The van der Waals surface area contributed by atoms with Crippen LogP contribution in [0.1, 0.15) is 50.6 Å². The summed E-state index contributed by atoms with van der Waals surface area (Å²) < 4.78 is 0.857. The Morgan fingerprint density at radius 2 is 1.78 bits per heavy atom. The van der Waals surface area contributed by atoms with Gasteiger partial charge in [-0.05, 0) is 13.0 Å². The van der Waals surface area contributed by atoms with Gasteiger partial charge in [-0.2, -0.15) is 0 Å². The summed E-state index contributed by atoms with van der Waals surface area (Å²) >= 11 is 0. The molecule has 1 nitrogen and oxygen atoms in total. The van der Waals surface area contributed by atoms with Crippen LogP contribution in [0.15, 0.2) is 43.1 Å². The lowest BCUT2D eigenvalue weighted by molar-refractivity contribution is -0.872. The third-order valence-electron chi connectivity index (χ3n) is 3.79. The van der Waals surface area contributed by atoms with Crippen molar-refractivity contribution in [1.82, 2.24) is 0 Å². The van der Waals surface area contributed by atoms with Gasteiger partial charge in [0.2, 0.25) is 0 Å². The zero-order valence-electron chi connectivity index (χ0n) is 12.2. The highest BCUT2D eigenvalue weighted by molar-refractivity contribution is 5.17. The van der Waals surface area contributed by atoms with E-state index in [-0.39, 0.29) is 0 Å². The van der Waals surface area contributed by atoms with E-state index in [1.54, 1.807) is 0 Å². The van der Waals surface area contributed by atoms with E-state index < -0.39 is 0 Å². The maximum absolute atomic E-state index is 4.00. The van der Waals surface area contributed by atoms with E-state index in [0.29, 0.717) is 6.04 Å². The lowest BCUT2D eigenvalue weighted by atomic mass is 9.97. The Hall–Kier alpha value is -1.08. The summed E-state index contributed by atoms with van der Waals surface area (Å²) in [5.41, 5.74) is 1.43. The van der Waals surface area contributed by atoms with Crippen LogP contribution in [0, 0.1) is 0 Å². The molecule has 1 atom stereocenters. The lowest BCUT2D eigenvalue weighted by Crippen LogP contribution is -2.37. The highest BCUT2D eigenvalue weighted by Crippen LogP contribution is 2.30. The summed E-state index contributed by atoms with van der Waals surface area (Å²) in [5.74, 6) is 0. The highest BCUT2D eigenvalue weighted by Gasteiger charge is 2.26. The minimum Gasteiger partial charge on any atom is -0.296 e. The molecule has 100 valence electrons. The third kappa shape index (κ3) is 4.30. The second kappa shape index (κ2) is 7.38. The molecule has 1 unspecified atom stereocenters. The Bertz CT molecular complexity index is 340. The standard InChI is InChI=1S/C17H28N/c1-5-7-8-12-15-17(18(3,4)6-2)16-13-10-9-11-14-16/h6,9-11,13-14,17H,2,5,7-8,12,15H2,1,3-4H3/q+1. The second-order valence-electron chi connectivity index (χ2n) is 5.59. The first-order chi connectivity index (χ1) is 8.61. The number of benzene rings is 1. The number of quaternary nitrogens is 1. The van der Waals surface area contributed by atoms with E-state index in [9.17, 15) is 0 Å². The number of hydrogen-bond acceptors (Lipinski definition) is 0. The van der Waals surface area contributed by atoms with Crippen molar-refractivity contribution in [3.05, 3.63) is 48.7 Å². The minimum absolute atomic E-state index is 0.528. The minimum atomic E-state index is 0.528. The lowest BCUT2D eigenvalue weighted by Gasteiger charge is -2.34. The monoisotopic (exact) mass is 246 g/mol. The molecule has 0 spiro atoms. The van der Waals surface area contributed by atoms with Crippen molar-refractivity contribution in [2.24, 2.45) is 0 Å². The fraction of sp³-hybridized carbons (Fsp3) is 0.529. The van der Waals surface area contributed by atoms with Crippen molar-refractivity contribution in [2.45, 2.75) is 45.1 Å². The average Bonchev–Trinajstić information content (AvgIpc) is 2.39. The third-order valence-corrected chi connectivity index (χ3v) is 3.79. The van der Waals surface area contributed by atoms with Gasteiger partial charge in [-0.3, -0.25) is 4.48 Å². The van der Waals surface area contributed by atoms with Crippen LogP contribution in [-0.2, 0) is 0 Å². The molecule has 0 aliphatic carbocycles. The SMILES string of the molecule is C=C[N+](C)(C)C(CCCCCC)c1ccccc1. The Morgan fingerprint density at radius 3 is 2.33 bits per heavy atom. The first kappa shape index (κ1) is 15.0. The fourth-order valence-corrected chi connectivity index (χ4v) is 2.45. The molecule has 1 aromatic rings. The summed E-state index contributed by atoms with van der Waals surface area (Å²) in [6.45, 7) is 6.26. The van der Waals surface area contributed by atoms with Crippen LogP contribution in [0.4, 0.5) is 0 Å². The molecule has 0 aliphatic rings. The van der Waals surface area contributed by atoms with Gasteiger partial charge in [-0.15, -0.1) is 0 Å². The van der Waals surface area contributed by atoms with E-state index in [4.69, 9.17) is 0 Å². The Morgan fingerprint density at radius 1 is 1.11 bits per heavy atom. The van der Waals surface area contributed by atoms with Crippen molar-refractivity contribution in [3.63, 3.8) is 0 Å². The van der Waals surface area contributed by atoms with E-state index in [0.717, 1.165) is 4.48 Å². The van der Waals surface area contributed by atoms with Gasteiger partial charge in [-0.1, -0.05) is 56.5 Å². The predicted molar refractivity (Wildman–Crippen MR) is 80.2 cm³/mol. The summed E-state index contributed by atoms with van der Waals surface area (Å²) in [7, 11) is 4.48. The smallest absolute Gasteiger partial charge is 0.118 e. The van der Waals surface area contributed by atoms with Crippen LogP contribution in [0.5, 0.6) is 0 Å². The Kier molecular flexibility index (Phi) is 6.14. The Labute approximate surface area is 113 Å². The average molecular weight is 246 g/mol. The molecule has 0 N–H and O–H groups in total. The van der Waals surface area contributed by atoms with Gasteiger partial charge >= 0.3 is 0 Å². The van der Waals surface area contributed by atoms with Crippen molar-refractivity contribution in [2.75, 3.05) is 14.1 Å². The fourth-order valence-electron chi connectivity index (χ4n) is 2.45. The summed E-state index contributed by atoms with van der Waals surface area (Å²) in [6, 6.07) is 11.4. The van der Waals surface area contributed by atoms with Crippen molar-refractivity contribution < 1.29 is 4.48 Å². The molecule has 18 heavy (non-hydrogen) atoms. The van der Waals surface area contributed by atoms with Crippen molar-refractivity contribution >= 4 is 0 Å². The molecule has 0 saturated carbocycles. The zero-order valence-corrected chi connectivity index (χ0v) is 12.2. The summed E-state index contributed by atoms with van der Waals surface area (Å²) in [4.78, 5) is 0. The second-order valence-corrected chi connectivity index (χ2v) is 5.59. The van der Waals surface area contributed by atoms with Gasteiger partial charge in [0.15, 0.2) is 0 Å². The Balaban J connectivity index is 2.73. The molecule has 0 saturated heterocycles. The van der Waals surface area contributed by atoms with Crippen LogP contribution in [-0.4, -0.2) is 18.6 Å². The number of unbranched alkanes of at least 4 members (excludes halogenated alkanes) is 3. The van der Waals surface area contributed by atoms with E-state index >= 15 is 0 Å². The summed E-state index contributed by atoms with van der Waals surface area (Å²) in [6.07, 6.45) is 8.60. The van der Waals surface area contributed by atoms with Crippen molar-refractivity contribution in [1.29, 1.82) is 0 Å². The molecule has 1 rings (SSSR count). The largest absolute Gasteiger partial charge is 0.296 e. The molecule has 0 amide bonds. The maximum atomic E-state index is 4.00. The normalized spacial score (nSPS) is 13.3. The number of nitrogens with zero attached hydrogens (tertiary/aromatic N) is 1. The van der Waals surface area contributed by atoms with Crippen LogP contribution in [0.2, 0.25) is 0 Å². The van der Waals surface area contributed by atoms with Gasteiger partial charge in [-0.25, -0.2) is 0 Å². The maximum Gasteiger partial charge on any atom is 0.118 e. The van der Waals surface area contributed by atoms with Gasteiger partial charge in [0, 0.05) is 12.0 Å².